The van der Waals surface area contributed by atoms with Crippen molar-refractivity contribution in [2.75, 3.05) is 0 Å². The van der Waals surface area contributed by atoms with Gasteiger partial charge >= 0.3 is 23.9 Å². The van der Waals surface area contributed by atoms with Gasteiger partial charge in [-0.3, -0.25) is 19.2 Å². The molecule has 0 bridgehead atoms. The number of aliphatic hydroxyl groups is 1. The predicted molar refractivity (Wildman–Crippen MR) is 55.1 cm³/mol. The number of carbonyl (C=O) groups is 4. The quantitative estimate of drug-likeness (QED) is 0.412. The molecule has 5 atom stereocenters. The van der Waals surface area contributed by atoms with Gasteiger partial charge in [-0.1, -0.05) is 0 Å². The van der Waals surface area contributed by atoms with Crippen LogP contribution in [0.4, 0.5) is 0 Å². The zero-order chi connectivity index (χ0) is 14.9. The van der Waals surface area contributed by atoms with E-state index in [-0.39, 0.29) is 0 Å². The molecule has 1 aliphatic rings. The Hall–Kier alpha value is -2.16. The van der Waals surface area contributed by atoms with E-state index >= 15 is 0 Å². The molecular weight excluding hydrogens is 264 g/mol. The lowest BCUT2D eigenvalue weighted by Crippen LogP contribution is -2.53. The van der Waals surface area contributed by atoms with Gasteiger partial charge in [-0.15, -0.1) is 0 Å². The van der Waals surface area contributed by atoms with Gasteiger partial charge in [-0.2, -0.15) is 0 Å². The molecule has 0 aromatic heterocycles. The molecule has 5 N–H and O–H groups in total. The highest BCUT2D eigenvalue weighted by Crippen LogP contribution is 2.40. The van der Waals surface area contributed by atoms with Crippen LogP contribution in [0.1, 0.15) is 6.42 Å². The van der Waals surface area contributed by atoms with E-state index in [2.05, 4.69) is 0 Å². The average molecular weight is 276 g/mol. The second-order valence-corrected chi connectivity index (χ2v) is 4.34. The van der Waals surface area contributed by atoms with Gasteiger partial charge in [0.1, 0.15) is 0 Å². The monoisotopic (exact) mass is 276 g/mol. The van der Waals surface area contributed by atoms with Crippen LogP contribution in [0.15, 0.2) is 0 Å². The summed E-state index contributed by atoms with van der Waals surface area (Å²) >= 11 is 0. The van der Waals surface area contributed by atoms with Crippen molar-refractivity contribution in [1.82, 2.24) is 0 Å². The summed E-state index contributed by atoms with van der Waals surface area (Å²) in [5.41, 5.74) is 0. The molecule has 1 aliphatic carbocycles. The number of hydrogen-bond donors (Lipinski definition) is 5. The molecule has 0 aromatic carbocycles. The van der Waals surface area contributed by atoms with Crippen molar-refractivity contribution in [3.05, 3.63) is 0 Å². The van der Waals surface area contributed by atoms with Crippen LogP contribution in [0.2, 0.25) is 0 Å². The summed E-state index contributed by atoms with van der Waals surface area (Å²) in [6, 6.07) is 0. The predicted octanol–water partition coefficient (Wildman–Crippen LogP) is -1.45. The highest BCUT2D eigenvalue weighted by molar-refractivity contribution is 5.89. The second-order valence-electron chi connectivity index (χ2n) is 4.34. The standard InChI is InChI=1S/C10H12O9/c11-3-1-2(7(12)13)4(8(14)15)6(10(18)19)5(3)9(16)17/h2-6,11H,1H2,(H,12,13)(H,14,15)(H,16,17)(H,18,19). The van der Waals surface area contributed by atoms with Crippen molar-refractivity contribution in [2.45, 2.75) is 12.5 Å². The number of aliphatic hydroxyl groups excluding tert-OH is 1. The molecule has 1 saturated carbocycles. The smallest absolute Gasteiger partial charge is 0.310 e. The van der Waals surface area contributed by atoms with E-state index in [1.54, 1.807) is 0 Å². The molecule has 0 radical (unpaired) electrons. The van der Waals surface area contributed by atoms with Crippen LogP contribution in [0.3, 0.4) is 0 Å². The highest BCUT2D eigenvalue weighted by Gasteiger charge is 2.56. The Morgan fingerprint density at radius 2 is 1.11 bits per heavy atom. The van der Waals surface area contributed by atoms with Crippen LogP contribution in [0.25, 0.3) is 0 Å². The molecule has 0 saturated heterocycles. The minimum absolute atomic E-state index is 0.618. The normalized spacial score (nSPS) is 34.5. The van der Waals surface area contributed by atoms with Crippen molar-refractivity contribution in [1.29, 1.82) is 0 Å². The lowest BCUT2D eigenvalue weighted by molar-refractivity contribution is -0.180. The fourth-order valence-electron chi connectivity index (χ4n) is 2.47. The van der Waals surface area contributed by atoms with E-state index in [1.165, 1.54) is 0 Å². The number of hydrogen-bond acceptors (Lipinski definition) is 5. The molecule has 0 amide bonds. The first-order valence-electron chi connectivity index (χ1n) is 5.27. The summed E-state index contributed by atoms with van der Waals surface area (Å²) in [5, 5.41) is 45.3. The van der Waals surface area contributed by atoms with Gasteiger partial charge in [0.25, 0.3) is 0 Å². The van der Waals surface area contributed by atoms with Gasteiger partial charge in [0.15, 0.2) is 0 Å². The Kier molecular flexibility index (Phi) is 4.10. The van der Waals surface area contributed by atoms with Crippen LogP contribution in [0.5, 0.6) is 0 Å². The maximum atomic E-state index is 11.1. The van der Waals surface area contributed by atoms with Crippen molar-refractivity contribution >= 4 is 23.9 Å². The third-order valence-corrected chi connectivity index (χ3v) is 3.29. The molecule has 9 heteroatoms. The van der Waals surface area contributed by atoms with Crippen LogP contribution in [-0.4, -0.2) is 55.5 Å². The Morgan fingerprint density at radius 3 is 1.42 bits per heavy atom. The molecule has 0 aliphatic heterocycles. The topological polar surface area (TPSA) is 169 Å². The largest absolute Gasteiger partial charge is 0.481 e. The van der Waals surface area contributed by atoms with Crippen molar-refractivity contribution in [2.24, 2.45) is 23.7 Å². The summed E-state index contributed by atoms with van der Waals surface area (Å²) in [7, 11) is 0. The summed E-state index contributed by atoms with van der Waals surface area (Å²) in [6.45, 7) is 0. The summed E-state index contributed by atoms with van der Waals surface area (Å²) in [6.07, 6.45) is -2.34. The van der Waals surface area contributed by atoms with E-state index in [9.17, 15) is 24.3 Å². The van der Waals surface area contributed by atoms with Crippen molar-refractivity contribution in [3.63, 3.8) is 0 Å². The molecule has 0 heterocycles. The Balaban J connectivity index is 3.30. The zero-order valence-electron chi connectivity index (χ0n) is 9.46. The number of aliphatic carboxylic acids is 4. The van der Waals surface area contributed by atoms with Gasteiger partial charge < -0.3 is 25.5 Å². The lowest BCUT2D eigenvalue weighted by atomic mass is 9.65. The molecule has 9 nitrogen and oxygen atoms in total. The zero-order valence-corrected chi connectivity index (χ0v) is 9.46. The molecule has 1 fully saturated rings. The van der Waals surface area contributed by atoms with Gasteiger partial charge in [0.05, 0.1) is 29.8 Å². The average Bonchev–Trinajstić information content (AvgIpc) is 2.25. The molecule has 19 heavy (non-hydrogen) atoms. The van der Waals surface area contributed by atoms with Crippen LogP contribution in [0, 0.1) is 23.7 Å². The van der Waals surface area contributed by atoms with E-state index in [1.807, 2.05) is 0 Å². The van der Waals surface area contributed by atoms with Crippen LogP contribution >= 0.6 is 0 Å². The number of rotatable bonds is 4. The maximum Gasteiger partial charge on any atom is 0.310 e. The third kappa shape index (κ3) is 2.65. The van der Waals surface area contributed by atoms with E-state index in [0.29, 0.717) is 0 Å². The van der Waals surface area contributed by atoms with Crippen LogP contribution in [-0.2, 0) is 19.2 Å². The first kappa shape index (κ1) is 14.9. The van der Waals surface area contributed by atoms with Crippen LogP contribution < -0.4 is 0 Å². The maximum absolute atomic E-state index is 11.1. The lowest BCUT2D eigenvalue weighted by Gasteiger charge is -2.38. The first-order chi connectivity index (χ1) is 8.68. The summed E-state index contributed by atoms with van der Waals surface area (Å²) in [4.78, 5) is 44.0. The Morgan fingerprint density at radius 1 is 0.684 bits per heavy atom. The van der Waals surface area contributed by atoms with Gasteiger partial charge in [-0.25, -0.2) is 0 Å². The molecule has 0 aromatic rings. The fraction of sp³-hybridized carbons (Fsp3) is 0.600. The Labute approximate surface area is 106 Å². The molecule has 5 unspecified atom stereocenters. The van der Waals surface area contributed by atoms with E-state index in [4.69, 9.17) is 20.4 Å². The van der Waals surface area contributed by atoms with Crippen molar-refractivity contribution in [3.8, 4) is 0 Å². The summed E-state index contributed by atoms with van der Waals surface area (Å²) < 4.78 is 0. The third-order valence-electron chi connectivity index (χ3n) is 3.29. The van der Waals surface area contributed by atoms with Gasteiger partial charge in [0, 0.05) is 0 Å². The Bertz CT molecular complexity index is 429. The number of carboxylic acids is 4. The fourth-order valence-corrected chi connectivity index (χ4v) is 2.47. The van der Waals surface area contributed by atoms with Gasteiger partial charge in [-0.05, 0) is 6.42 Å². The van der Waals surface area contributed by atoms with E-state index < -0.39 is 60.1 Å². The first-order valence-corrected chi connectivity index (χ1v) is 5.27. The number of carboxylic acid groups (broad SMARTS) is 4. The molecular formula is C10H12O9. The summed E-state index contributed by atoms with van der Waals surface area (Å²) in [5.74, 6) is -14.1. The minimum Gasteiger partial charge on any atom is -0.481 e. The highest BCUT2D eigenvalue weighted by atomic mass is 16.4. The molecule has 106 valence electrons. The van der Waals surface area contributed by atoms with E-state index in [0.717, 1.165) is 0 Å². The SMILES string of the molecule is O=C(O)C1CC(O)C(C(=O)O)C(C(=O)O)C1C(=O)O. The van der Waals surface area contributed by atoms with Gasteiger partial charge in [0.2, 0.25) is 0 Å². The van der Waals surface area contributed by atoms with Crippen molar-refractivity contribution < 1.29 is 44.7 Å². The second kappa shape index (κ2) is 5.22. The minimum atomic E-state index is -2.00. The molecule has 1 rings (SSSR count). The molecule has 0 spiro atoms.